The van der Waals surface area contributed by atoms with Gasteiger partial charge in [0, 0.05) is 12.1 Å². The van der Waals surface area contributed by atoms with Gasteiger partial charge in [0.2, 0.25) is 0 Å². The zero-order valence-corrected chi connectivity index (χ0v) is 9.08. The van der Waals surface area contributed by atoms with E-state index in [9.17, 15) is 5.11 Å². The Hall–Kier alpha value is -0.840. The van der Waals surface area contributed by atoms with Gasteiger partial charge in [-0.25, -0.2) is 0 Å². The fourth-order valence-corrected chi connectivity index (χ4v) is 0.976. The highest BCUT2D eigenvalue weighted by Gasteiger charge is 2.09. The lowest BCUT2D eigenvalue weighted by molar-refractivity contribution is 0.203. The monoisotopic (exact) mass is 200 g/mol. The minimum Gasteiger partial charge on any atom is -0.497 e. The molecule has 1 atom stereocenters. The molecule has 0 radical (unpaired) electrons. The lowest BCUT2D eigenvalue weighted by Crippen LogP contribution is -2.28. The molecule has 0 aromatic heterocycles. The average molecular weight is 200 g/mol. The first-order chi connectivity index (χ1) is 6.56. The predicted molar refractivity (Wildman–Crippen MR) is 57.3 cm³/mol. The Labute approximate surface area is 85.2 Å². The SMILES string of the molecule is CC/C(C)=C\C(OC)=C(\CN)C(N)O. The van der Waals surface area contributed by atoms with Crippen molar-refractivity contribution in [2.75, 3.05) is 13.7 Å². The summed E-state index contributed by atoms with van der Waals surface area (Å²) in [6, 6.07) is 0. The lowest BCUT2D eigenvalue weighted by Gasteiger charge is -2.13. The Bertz CT molecular complexity index is 232. The third-order valence-electron chi connectivity index (χ3n) is 2.05. The third-order valence-corrected chi connectivity index (χ3v) is 2.05. The second-order valence-corrected chi connectivity index (χ2v) is 3.09. The van der Waals surface area contributed by atoms with Crippen LogP contribution in [0.15, 0.2) is 23.0 Å². The minimum atomic E-state index is -1.06. The number of nitrogens with two attached hydrogens (primary N) is 2. The van der Waals surface area contributed by atoms with Gasteiger partial charge in [0.15, 0.2) is 0 Å². The summed E-state index contributed by atoms with van der Waals surface area (Å²) in [6.07, 6.45) is 1.71. The second-order valence-electron chi connectivity index (χ2n) is 3.09. The summed E-state index contributed by atoms with van der Waals surface area (Å²) >= 11 is 0. The molecular weight excluding hydrogens is 180 g/mol. The molecule has 0 aromatic carbocycles. The summed E-state index contributed by atoms with van der Waals surface area (Å²) in [4.78, 5) is 0. The number of allylic oxidation sites excluding steroid dienone is 2. The fourth-order valence-electron chi connectivity index (χ4n) is 0.976. The number of hydrogen-bond acceptors (Lipinski definition) is 4. The van der Waals surface area contributed by atoms with Gasteiger partial charge in [0.25, 0.3) is 0 Å². The van der Waals surface area contributed by atoms with E-state index in [1.54, 1.807) is 0 Å². The van der Waals surface area contributed by atoms with Crippen LogP contribution in [-0.2, 0) is 4.74 Å². The number of aliphatic hydroxyl groups excluding tert-OH is 1. The van der Waals surface area contributed by atoms with E-state index in [1.807, 2.05) is 19.9 Å². The zero-order chi connectivity index (χ0) is 11.1. The molecular formula is C10H20N2O2. The maximum Gasteiger partial charge on any atom is 0.129 e. The van der Waals surface area contributed by atoms with Crippen LogP contribution in [0, 0.1) is 0 Å². The number of aliphatic hydroxyl groups is 1. The van der Waals surface area contributed by atoms with Crippen LogP contribution in [-0.4, -0.2) is 25.0 Å². The van der Waals surface area contributed by atoms with Crippen molar-refractivity contribution < 1.29 is 9.84 Å². The first kappa shape index (κ1) is 13.2. The summed E-state index contributed by atoms with van der Waals surface area (Å²) in [7, 11) is 1.53. The standard InChI is InChI=1S/C10H20N2O2/c1-4-7(2)5-9(14-3)8(6-11)10(12)13/h5,10,13H,4,6,11-12H2,1-3H3/b7-5-,9-8+. The Morgan fingerprint density at radius 1 is 1.57 bits per heavy atom. The molecule has 0 aromatic rings. The summed E-state index contributed by atoms with van der Waals surface area (Å²) in [5.74, 6) is 0.557. The third kappa shape index (κ3) is 3.91. The van der Waals surface area contributed by atoms with Crippen molar-refractivity contribution >= 4 is 0 Å². The van der Waals surface area contributed by atoms with Crippen molar-refractivity contribution in [3.63, 3.8) is 0 Å². The van der Waals surface area contributed by atoms with Crippen LogP contribution >= 0.6 is 0 Å². The molecule has 0 aliphatic carbocycles. The van der Waals surface area contributed by atoms with Crippen molar-refractivity contribution in [1.29, 1.82) is 0 Å². The number of hydrogen-bond donors (Lipinski definition) is 3. The van der Waals surface area contributed by atoms with Crippen LogP contribution in [0.25, 0.3) is 0 Å². The van der Waals surface area contributed by atoms with E-state index in [-0.39, 0.29) is 6.54 Å². The largest absolute Gasteiger partial charge is 0.497 e. The van der Waals surface area contributed by atoms with Crippen molar-refractivity contribution in [2.45, 2.75) is 26.5 Å². The van der Waals surface area contributed by atoms with E-state index in [1.165, 1.54) is 7.11 Å². The maximum atomic E-state index is 9.23. The van der Waals surface area contributed by atoms with Crippen LogP contribution < -0.4 is 11.5 Å². The van der Waals surface area contributed by atoms with E-state index in [2.05, 4.69) is 0 Å². The highest BCUT2D eigenvalue weighted by atomic mass is 16.5. The number of methoxy groups -OCH3 is 1. The van der Waals surface area contributed by atoms with Gasteiger partial charge in [-0.05, 0) is 19.4 Å². The molecule has 14 heavy (non-hydrogen) atoms. The van der Waals surface area contributed by atoms with Gasteiger partial charge in [-0.1, -0.05) is 12.5 Å². The first-order valence-electron chi connectivity index (χ1n) is 4.64. The second kappa shape index (κ2) is 6.59. The molecule has 0 bridgehead atoms. The maximum absolute atomic E-state index is 9.23. The molecule has 0 amide bonds. The first-order valence-corrected chi connectivity index (χ1v) is 4.64. The van der Waals surface area contributed by atoms with Gasteiger partial charge in [0.1, 0.15) is 12.0 Å². The molecule has 82 valence electrons. The minimum absolute atomic E-state index is 0.189. The zero-order valence-electron chi connectivity index (χ0n) is 9.08. The van der Waals surface area contributed by atoms with E-state index >= 15 is 0 Å². The summed E-state index contributed by atoms with van der Waals surface area (Å²) in [5, 5.41) is 9.23. The smallest absolute Gasteiger partial charge is 0.129 e. The van der Waals surface area contributed by atoms with Crippen LogP contribution in [0.5, 0.6) is 0 Å². The van der Waals surface area contributed by atoms with Crippen LogP contribution in [0.2, 0.25) is 0 Å². The molecule has 4 nitrogen and oxygen atoms in total. The summed E-state index contributed by atoms with van der Waals surface area (Å²) in [6.45, 7) is 4.21. The van der Waals surface area contributed by atoms with Crippen LogP contribution in [0.4, 0.5) is 0 Å². The van der Waals surface area contributed by atoms with Gasteiger partial charge in [-0.15, -0.1) is 0 Å². The van der Waals surface area contributed by atoms with Gasteiger partial charge in [-0.2, -0.15) is 0 Å². The Kier molecular flexibility index (Phi) is 6.19. The molecule has 5 N–H and O–H groups in total. The van der Waals surface area contributed by atoms with Gasteiger partial charge in [0.05, 0.1) is 7.11 Å². The van der Waals surface area contributed by atoms with Gasteiger partial charge < -0.3 is 21.3 Å². The van der Waals surface area contributed by atoms with Crippen LogP contribution in [0.3, 0.4) is 0 Å². The molecule has 0 fully saturated rings. The molecule has 0 aliphatic heterocycles. The van der Waals surface area contributed by atoms with Crippen molar-refractivity contribution in [1.82, 2.24) is 0 Å². The molecule has 0 spiro atoms. The summed E-state index contributed by atoms with van der Waals surface area (Å²) < 4.78 is 5.12. The van der Waals surface area contributed by atoms with Gasteiger partial charge in [-0.3, -0.25) is 0 Å². The Morgan fingerprint density at radius 2 is 2.14 bits per heavy atom. The molecule has 4 heteroatoms. The normalized spacial score (nSPS) is 16.3. The highest BCUT2D eigenvalue weighted by Crippen LogP contribution is 2.12. The highest BCUT2D eigenvalue weighted by molar-refractivity contribution is 5.26. The van der Waals surface area contributed by atoms with Gasteiger partial charge >= 0.3 is 0 Å². The van der Waals surface area contributed by atoms with Crippen molar-refractivity contribution in [3.8, 4) is 0 Å². The lowest BCUT2D eigenvalue weighted by atomic mass is 10.1. The molecule has 1 unspecified atom stereocenters. The van der Waals surface area contributed by atoms with Crippen molar-refractivity contribution in [2.24, 2.45) is 11.5 Å². The van der Waals surface area contributed by atoms with Crippen LogP contribution in [0.1, 0.15) is 20.3 Å². The quantitative estimate of drug-likeness (QED) is 0.342. The molecule has 0 rings (SSSR count). The predicted octanol–water partition coefficient (Wildman–Crippen LogP) is 0.479. The molecule has 0 saturated heterocycles. The molecule has 0 heterocycles. The van der Waals surface area contributed by atoms with E-state index < -0.39 is 6.23 Å². The topological polar surface area (TPSA) is 81.5 Å². The van der Waals surface area contributed by atoms with E-state index in [0.29, 0.717) is 11.3 Å². The van der Waals surface area contributed by atoms with Crippen molar-refractivity contribution in [3.05, 3.63) is 23.0 Å². The summed E-state index contributed by atoms with van der Waals surface area (Å²) in [5.41, 5.74) is 12.5. The molecule has 0 aliphatic rings. The Balaban J connectivity index is 4.99. The molecule has 0 saturated carbocycles. The Morgan fingerprint density at radius 3 is 2.43 bits per heavy atom. The fraction of sp³-hybridized carbons (Fsp3) is 0.600. The average Bonchev–Trinajstić information content (AvgIpc) is 2.16. The van der Waals surface area contributed by atoms with E-state index in [4.69, 9.17) is 16.2 Å². The number of ether oxygens (including phenoxy) is 1. The number of rotatable bonds is 5. The van der Waals surface area contributed by atoms with E-state index in [0.717, 1.165) is 12.0 Å².